The van der Waals surface area contributed by atoms with E-state index in [0.717, 1.165) is 10.7 Å². The van der Waals surface area contributed by atoms with Gasteiger partial charge in [-0.1, -0.05) is 0 Å². The molecule has 15 heavy (non-hydrogen) atoms. The predicted molar refractivity (Wildman–Crippen MR) is 55.7 cm³/mol. The van der Waals surface area contributed by atoms with Gasteiger partial charge in [0.1, 0.15) is 5.01 Å². The Hall–Kier alpha value is -1.69. The maximum atomic E-state index is 11.2. The average Bonchev–Trinajstić information content (AvgIpc) is 2.84. The van der Waals surface area contributed by atoms with Crippen molar-refractivity contribution in [2.75, 3.05) is 7.11 Å². The molecule has 0 atom stereocenters. The topological polar surface area (TPSA) is 57.0 Å². The summed E-state index contributed by atoms with van der Waals surface area (Å²) in [6.45, 7) is 0. The van der Waals surface area contributed by atoms with Crippen LogP contribution in [0.5, 0.6) is 0 Å². The summed E-state index contributed by atoms with van der Waals surface area (Å²) < 4.78 is 6.29. The Bertz CT molecular complexity index is 489. The maximum Gasteiger partial charge on any atom is 0.357 e. The molecular formula is C9H9N3O2S. The zero-order chi connectivity index (χ0) is 10.8. The molecule has 0 saturated carbocycles. The van der Waals surface area contributed by atoms with Crippen LogP contribution < -0.4 is 0 Å². The maximum absolute atomic E-state index is 11.2. The van der Waals surface area contributed by atoms with Crippen LogP contribution in [0.3, 0.4) is 0 Å². The lowest BCUT2D eigenvalue weighted by molar-refractivity contribution is 0.0595. The second kappa shape index (κ2) is 3.82. The van der Waals surface area contributed by atoms with Crippen LogP contribution >= 0.6 is 11.3 Å². The number of methoxy groups -OCH3 is 1. The second-order valence-corrected chi connectivity index (χ2v) is 3.73. The molecule has 5 nitrogen and oxygen atoms in total. The van der Waals surface area contributed by atoms with Crippen molar-refractivity contribution in [3.63, 3.8) is 0 Å². The fraction of sp³-hybridized carbons (Fsp3) is 0.222. The number of rotatable bonds is 2. The molecule has 0 fully saturated rings. The highest BCUT2D eigenvalue weighted by molar-refractivity contribution is 7.13. The quantitative estimate of drug-likeness (QED) is 0.721. The van der Waals surface area contributed by atoms with Crippen LogP contribution in [0.25, 0.3) is 10.7 Å². The molecule has 2 rings (SSSR count). The number of hydrogen-bond acceptors (Lipinski definition) is 5. The standard InChI is InChI=1S/C9H9N3O2S/c1-12-7(3-4-10-12)8-11-6(5-15-8)9(13)14-2/h3-5H,1-2H3. The molecule has 0 aliphatic heterocycles. The number of ether oxygens (including phenoxy) is 1. The Labute approximate surface area is 90.3 Å². The Kier molecular flexibility index (Phi) is 2.51. The van der Waals surface area contributed by atoms with Gasteiger partial charge in [0, 0.05) is 18.6 Å². The minimum absolute atomic E-state index is 0.332. The minimum Gasteiger partial charge on any atom is -0.464 e. The van der Waals surface area contributed by atoms with Gasteiger partial charge in [-0.15, -0.1) is 11.3 Å². The fourth-order valence-corrected chi connectivity index (χ4v) is 2.02. The highest BCUT2D eigenvalue weighted by atomic mass is 32.1. The highest BCUT2D eigenvalue weighted by Crippen LogP contribution is 2.22. The molecule has 6 heteroatoms. The lowest BCUT2D eigenvalue weighted by atomic mass is 10.4. The fourth-order valence-electron chi connectivity index (χ4n) is 1.17. The van der Waals surface area contributed by atoms with Gasteiger partial charge < -0.3 is 4.74 Å². The summed E-state index contributed by atoms with van der Waals surface area (Å²) in [5.41, 5.74) is 1.22. The van der Waals surface area contributed by atoms with Crippen molar-refractivity contribution >= 4 is 17.3 Å². The summed E-state index contributed by atoms with van der Waals surface area (Å²) >= 11 is 1.39. The minimum atomic E-state index is -0.417. The van der Waals surface area contributed by atoms with Crippen LogP contribution in [0, 0.1) is 0 Å². The Balaban J connectivity index is 2.36. The molecule has 78 valence electrons. The van der Waals surface area contributed by atoms with Gasteiger partial charge >= 0.3 is 5.97 Å². The third kappa shape index (κ3) is 1.75. The summed E-state index contributed by atoms with van der Waals surface area (Å²) in [4.78, 5) is 15.3. The number of esters is 1. The first-order valence-electron chi connectivity index (χ1n) is 4.24. The van der Waals surface area contributed by atoms with E-state index in [-0.39, 0.29) is 0 Å². The number of nitrogens with zero attached hydrogens (tertiary/aromatic N) is 3. The molecular weight excluding hydrogens is 214 g/mol. The molecule has 0 bridgehead atoms. The summed E-state index contributed by atoms with van der Waals surface area (Å²) in [5.74, 6) is -0.417. The third-order valence-electron chi connectivity index (χ3n) is 1.94. The number of carbonyl (C=O) groups excluding carboxylic acids is 1. The smallest absolute Gasteiger partial charge is 0.357 e. The van der Waals surface area contributed by atoms with Crippen molar-refractivity contribution < 1.29 is 9.53 Å². The van der Waals surface area contributed by atoms with Crippen LogP contribution in [0.1, 0.15) is 10.5 Å². The van der Waals surface area contributed by atoms with Crippen LogP contribution in [0.2, 0.25) is 0 Å². The van der Waals surface area contributed by atoms with E-state index in [0.29, 0.717) is 5.69 Å². The average molecular weight is 223 g/mol. The zero-order valence-electron chi connectivity index (χ0n) is 8.30. The highest BCUT2D eigenvalue weighted by Gasteiger charge is 2.13. The molecule has 0 unspecified atom stereocenters. The molecule has 2 aromatic rings. The van der Waals surface area contributed by atoms with Crippen LogP contribution in [0.4, 0.5) is 0 Å². The van der Waals surface area contributed by atoms with E-state index >= 15 is 0 Å². The lowest BCUT2D eigenvalue weighted by Crippen LogP contribution is -2.01. The van der Waals surface area contributed by atoms with Gasteiger partial charge in [0.15, 0.2) is 5.69 Å². The van der Waals surface area contributed by atoms with Gasteiger partial charge in [-0.3, -0.25) is 4.68 Å². The van der Waals surface area contributed by atoms with E-state index in [1.165, 1.54) is 18.4 Å². The number of aryl methyl sites for hydroxylation is 1. The lowest BCUT2D eigenvalue weighted by Gasteiger charge is -1.95. The Morgan fingerprint density at radius 1 is 1.60 bits per heavy atom. The molecule has 0 aliphatic carbocycles. The van der Waals surface area contributed by atoms with Crippen LogP contribution in [-0.4, -0.2) is 27.8 Å². The predicted octanol–water partition coefficient (Wildman–Crippen LogP) is 1.33. The molecule has 0 saturated heterocycles. The number of aromatic nitrogens is 3. The van der Waals surface area contributed by atoms with Crippen molar-refractivity contribution in [3.8, 4) is 10.7 Å². The monoisotopic (exact) mass is 223 g/mol. The van der Waals surface area contributed by atoms with Crippen molar-refractivity contribution in [3.05, 3.63) is 23.3 Å². The van der Waals surface area contributed by atoms with Crippen molar-refractivity contribution in [2.24, 2.45) is 7.05 Å². The summed E-state index contributed by atoms with van der Waals surface area (Å²) in [7, 11) is 3.17. The van der Waals surface area contributed by atoms with E-state index in [1.807, 2.05) is 13.1 Å². The van der Waals surface area contributed by atoms with Gasteiger partial charge in [-0.25, -0.2) is 9.78 Å². The first-order valence-corrected chi connectivity index (χ1v) is 5.12. The Morgan fingerprint density at radius 2 is 2.40 bits per heavy atom. The first kappa shape index (κ1) is 9.85. The van der Waals surface area contributed by atoms with Crippen LogP contribution in [0.15, 0.2) is 17.6 Å². The van der Waals surface area contributed by atoms with Crippen molar-refractivity contribution in [2.45, 2.75) is 0 Å². The van der Waals surface area contributed by atoms with E-state index in [4.69, 9.17) is 0 Å². The van der Waals surface area contributed by atoms with Crippen molar-refractivity contribution in [1.29, 1.82) is 0 Å². The third-order valence-corrected chi connectivity index (χ3v) is 2.80. The first-order chi connectivity index (χ1) is 7.22. The van der Waals surface area contributed by atoms with Gasteiger partial charge in [0.25, 0.3) is 0 Å². The molecule has 0 spiro atoms. The van der Waals surface area contributed by atoms with E-state index in [9.17, 15) is 4.79 Å². The molecule has 2 aromatic heterocycles. The normalized spacial score (nSPS) is 10.3. The SMILES string of the molecule is COC(=O)c1csc(-c2ccnn2C)n1. The zero-order valence-corrected chi connectivity index (χ0v) is 9.11. The molecule has 0 aliphatic rings. The van der Waals surface area contributed by atoms with E-state index < -0.39 is 5.97 Å². The van der Waals surface area contributed by atoms with E-state index in [1.54, 1.807) is 16.3 Å². The second-order valence-electron chi connectivity index (χ2n) is 2.87. The van der Waals surface area contributed by atoms with Gasteiger partial charge in [0.2, 0.25) is 0 Å². The molecule has 0 N–H and O–H groups in total. The molecule has 0 aromatic carbocycles. The largest absolute Gasteiger partial charge is 0.464 e. The number of hydrogen-bond donors (Lipinski definition) is 0. The van der Waals surface area contributed by atoms with Crippen LogP contribution in [-0.2, 0) is 11.8 Å². The molecule has 2 heterocycles. The summed E-state index contributed by atoms with van der Waals surface area (Å²) in [6, 6.07) is 1.85. The van der Waals surface area contributed by atoms with Gasteiger partial charge in [0.05, 0.1) is 12.8 Å². The Morgan fingerprint density at radius 3 is 3.00 bits per heavy atom. The summed E-state index contributed by atoms with van der Waals surface area (Å²) in [5, 5.41) is 6.47. The van der Waals surface area contributed by atoms with Gasteiger partial charge in [-0.05, 0) is 6.07 Å². The molecule has 0 radical (unpaired) electrons. The van der Waals surface area contributed by atoms with E-state index in [2.05, 4.69) is 14.8 Å². The summed E-state index contributed by atoms with van der Waals surface area (Å²) in [6.07, 6.45) is 1.69. The van der Waals surface area contributed by atoms with Crippen molar-refractivity contribution in [1.82, 2.24) is 14.8 Å². The van der Waals surface area contributed by atoms with Gasteiger partial charge in [-0.2, -0.15) is 5.10 Å². The number of thiazole rings is 1. The molecule has 0 amide bonds. The number of carbonyl (C=O) groups is 1.